The summed E-state index contributed by atoms with van der Waals surface area (Å²) in [5.74, 6) is -0.700. The maximum Gasteiger partial charge on any atom is 0.267 e. The topological polar surface area (TPSA) is 82.5 Å². The first-order valence-corrected chi connectivity index (χ1v) is 8.96. The molecule has 0 saturated carbocycles. The molecule has 3 rings (SSSR count). The molecule has 0 saturated heterocycles. The normalized spacial score (nSPS) is 14.3. The highest BCUT2D eigenvalue weighted by Crippen LogP contribution is 2.20. The second-order valence-electron chi connectivity index (χ2n) is 6.27. The van der Waals surface area contributed by atoms with Gasteiger partial charge in [-0.25, -0.2) is 10.5 Å². The van der Waals surface area contributed by atoms with Crippen molar-refractivity contribution in [2.75, 3.05) is 13.1 Å². The number of benzene rings is 1. The molecular formula is C22H21N3O3. The van der Waals surface area contributed by atoms with Gasteiger partial charge in [0.2, 0.25) is 5.91 Å². The molecule has 2 aromatic rings. The van der Waals surface area contributed by atoms with E-state index in [9.17, 15) is 9.59 Å². The number of nitrogens with zero attached hydrogens (tertiary/aromatic N) is 2. The summed E-state index contributed by atoms with van der Waals surface area (Å²) in [5.41, 5.74) is 4.96. The maximum atomic E-state index is 12.6. The summed E-state index contributed by atoms with van der Waals surface area (Å²) in [6, 6.07) is 15.4. The molecular weight excluding hydrogens is 354 g/mol. The lowest BCUT2D eigenvalue weighted by molar-refractivity contribution is -0.125. The minimum atomic E-state index is -0.634. The second-order valence-corrected chi connectivity index (χ2v) is 6.27. The van der Waals surface area contributed by atoms with Crippen LogP contribution in [0.1, 0.15) is 23.4 Å². The van der Waals surface area contributed by atoms with Crippen LogP contribution < -0.4 is 5.48 Å². The zero-order valence-electron chi connectivity index (χ0n) is 15.3. The number of hydrogen-bond acceptors (Lipinski definition) is 4. The molecule has 0 aliphatic carbocycles. The molecule has 28 heavy (non-hydrogen) atoms. The minimum Gasteiger partial charge on any atom is -0.335 e. The van der Waals surface area contributed by atoms with Crippen molar-refractivity contribution in [3.8, 4) is 0 Å². The molecule has 0 atom stereocenters. The summed E-state index contributed by atoms with van der Waals surface area (Å²) in [7, 11) is 0. The van der Waals surface area contributed by atoms with Crippen LogP contribution >= 0.6 is 0 Å². The molecule has 1 aromatic carbocycles. The van der Waals surface area contributed by atoms with Crippen LogP contribution in [-0.2, 0) is 9.59 Å². The predicted octanol–water partition coefficient (Wildman–Crippen LogP) is 2.93. The van der Waals surface area contributed by atoms with E-state index in [-0.39, 0.29) is 5.91 Å². The van der Waals surface area contributed by atoms with E-state index in [0.717, 1.165) is 17.6 Å². The van der Waals surface area contributed by atoms with Gasteiger partial charge in [-0.3, -0.25) is 14.8 Å². The summed E-state index contributed by atoms with van der Waals surface area (Å²) in [6.07, 6.45) is 8.84. The lowest BCUT2D eigenvalue weighted by Gasteiger charge is -2.26. The lowest BCUT2D eigenvalue weighted by atomic mass is 10.0. The summed E-state index contributed by atoms with van der Waals surface area (Å²) in [5, 5.41) is 8.50. The molecule has 6 heteroatoms. The highest BCUT2D eigenvalue weighted by atomic mass is 16.5. The van der Waals surface area contributed by atoms with Crippen LogP contribution in [0.3, 0.4) is 0 Å². The van der Waals surface area contributed by atoms with Gasteiger partial charge >= 0.3 is 0 Å². The van der Waals surface area contributed by atoms with E-state index >= 15 is 0 Å². The highest BCUT2D eigenvalue weighted by Gasteiger charge is 2.17. The molecule has 0 radical (unpaired) electrons. The van der Waals surface area contributed by atoms with E-state index in [1.54, 1.807) is 24.3 Å². The largest absolute Gasteiger partial charge is 0.335 e. The Morgan fingerprint density at radius 1 is 1.00 bits per heavy atom. The number of carbonyl (C=O) groups excluding carboxylic acids is 2. The third-order valence-corrected chi connectivity index (χ3v) is 4.31. The van der Waals surface area contributed by atoms with Crippen molar-refractivity contribution >= 4 is 29.5 Å². The average Bonchev–Trinajstić information content (AvgIpc) is 2.76. The van der Waals surface area contributed by atoms with Gasteiger partial charge in [0.25, 0.3) is 5.91 Å². The molecule has 0 unspecified atom stereocenters. The van der Waals surface area contributed by atoms with Crippen LogP contribution in [-0.4, -0.2) is 40.0 Å². The van der Waals surface area contributed by atoms with Crippen LogP contribution in [0.4, 0.5) is 0 Å². The van der Waals surface area contributed by atoms with E-state index in [1.165, 1.54) is 23.7 Å². The minimum absolute atomic E-state index is 0.0658. The Kier molecular flexibility index (Phi) is 6.49. The molecule has 2 N–H and O–H groups in total. The van der Waals surface area contributed by atoms with Crippen molar-refractivity contribution in [2.45, 2.75) is 6.42 Å². The fourth-order valence-corrected chi connectivity index (χ4v) is 2.91. The van der Waals surface area contributed by atoms with E-state index < -0.39 is 5.91 Å². The van der Waals surface area contributed by atoms with Gasteiger partial charge in [0.15, 0.2) is 0 Å². The first-order chi connectivity index (χ1) is 13.7. The Hall–Kier alpha value is -3.51. The third-order valence-electron chi connectivity index (χ3n) is 4.31. The van der Waals surface area contributed by atoms with Crippen molar-refractivity contribution in [1.29, 1.82) is 0 Å². The zero-order chi connectivity index (χ0) is 19.8. The van der Waals surface area contributed by atoms with Gasteiger partial charge in [-0.2, -0.15) is 0 Å². The number of hydroxylamine groups is 1. The van der Waals surface area contributed by atoms with Gasteiger partial charge in [-0.1, -0.05) is 42.5 Å². The van der Waals surface area contributed by atoms with E-state index in [2.05, 4.69) is 23.2 Å². The quantitative estimate of drug-likeness (QED) is 0.478. The average molecular weight is 375 g/mol. The van der Waals surface area contributed by atoms with Crippen LogP contribution in [0, 0.1) is 0 Å². The molecule has 1 aromatic heterocycles. The molecule has 2 heterocycles. The molecule has 2 amide bonds. The SMILES string of the molecule is O=C(/C=C/c1cccc(/C=C/C(=O)N2CCC=C(c3ccccc3)C2)n1)NO. The number of nitrogens with one attached hydrogen (secondary N) is 1. The fraction of sp³-hybridized carbons (Fsp3) is 0.136. The number of pyridine rings is 1. The first kappa shape index (κ1) is 19.3. The molecule has 1 aliphatic rings. The van der Waals surface area contributed by atoms with Crippen LogP contribution in [0.15, 0.2) is 66.8 Å². The second kappa shape index (κ2) is 9.43. The van der Waals surface area contributed by atoms with E-state index in [1.807, 2.05) is 23.1 Å². The number of rotatable bonds is 5. The molecule has 142 valence electrons. The van der Waals surface area contributed by atoms with Crippen molar-refractivity contribution < 1.29 is 14.8 Å². The molecule has 1 aliphatic heterocycles. The third kappa shape index (κ3) is 5.25. The van der Waals surface area contributed by atoms with Crippen molar-refractivity contribution in [2.24, 2.45) is 0 Å². The number of carbonyl (C=O) groups is 2. The van der Waals surface area contributed by atoms with Gasteiger partial charge in [0, 0.05) is 25.2 Å². The highest BCUT2D eigenvalue weighted by molar-refractivity contribution is 5.93. The summed E-state index contributed by atoms with van der Waals surface area (Å²) >= 11 is 0. The van der Waals surface area contributed by atoms with Gasteiger partial charge in [0.05, 0.1) is 11.4 Å². The van der Waals surface area contributed by atoms with Gasteiger partial charge < -0.3 is 4.90 Å². The maximum absolute atomic E-state index is 12.6. The van der Waals surface area contributed by atoms with Crippen molar-refractivity contribution in [3.63, 3.8) is 0 Å². The number of amides is 2. The Morgan fingerprint density at radius 3 is 2.43 bits per heavy atom. The van der Waals surface area contributed by atoms with Crippen molar-refractivity contribution in [3.05, 3.63) is 83.7 Å². The Labute approximate surface area is 163 Å². The molecule has 0 bridgehead atoms. The molecule has 0 fully saturated rings. The Bertz CT molecular complexity index is 933. The smallest absolute Gasteiger partial charge is 0.267 e. The number of aromatic nitrogens is 1. The van der Waals surface area contributed by atoms with Crippen LogP contribution in [0.5, 0.6) is 0 Å². The van der Waals surface area contributed by atoms with Crippen molar-refractivity contribution in [1.82, 2.24) is 15.4 Å². The summed E-state index contributed by atoms with van der Waals surface area (Å²) in [4.78, 5) is 29.8. The van der Waals surface area contributed by atoms with Gasteiger partial charge in [0.1, 0.15) is 0 Å². The van der Waals surface area contributed by atoms with E-state index in [0.29, 0.717) is 24.5 Å². The van der Waals surface area contributed by atoms with E-state index in [4.69, 9.17) is 5.21 Å². The predicted molar refractivity (Wildman–Crippen MR) is 108 cm³/mol. The lowest BCUT2D eigenvalue weighted by Crippen LogP contribution is -2.34. The zero-order valence-corrected chi connectivity index (χ0v) is 15.3. The summed E-state index contributed by atoms with van der Waals surface area (Å²) < 4.78 is 0. The Balaban J connectivity index is 1.65. The monoisotopic (exact) mass is 375 g/mol. The van der Waals surface area contributed by atoms with Gasteiger partial charge in [-0.15, -0.1) is 0 Å². The van der Waals surface area contributed by atoms with Gasteiger partial charge in [-0.05, 0) is 41.8 Å². The van der Waals surface area contributed by atoms with Crippen LogP contribution in [0.25, 0.3) is 17.7 Å². The Morgan fingerprint density at radius 2 is 1.71 bits per heavy atom. The molecule has 0 spiro atoms. The molecule has 6 nitrogen and oxygen atoms in total. The number of hydrogen-bond donors (Lipinski definition) is 2. The van der Waals surface area contributed by atoms with Crippen LogP contribution in [0.2, 0.25) is 0 Å². The fourth-order valence-electron chi connectivity index (χ4n) is 2.91. The standard InChI is InChI=1S/C22H21N3O3/c26-21(24-28)13-11-19-9-4-10-20(23-19)12-14-22(27)25-15-5-8-18(16-25)17-6-2-1-3-7-17/h1-4,6-14,28H,5,15-16H2,(H,24,26)/b13-11+,14-12+. The first-order valence-electron chi connectivity index (χ1n) is 8.96. The summed E-state index contributed by atoms with van der Waals surface area (Å²) in [6.45, 7) is 1.27.